The van der Waals surface area contributed by atoms with Gasteiger partial charge in [-0.05, 0) is 43.5 Å². The number of hydrogen-bond donors (Lipinski definition) is 0. The van der Waals surface area contributed by atoms with Gasteiger partial charge >= 0.3 is 0 Å². The number of amides is 1. The van der Waals surface area contributed by atoms with Crippen molar-refractivity contribution < 1.29 is 18.5 Å². The molecule has 2 heterocycles. The molecule has 2 aromatic rings. The molecule has 1 saturated heterocycles. The molecule has 0 N–H and O–H groups in total. The van der Waals surface area contributed by atoms with Gasteiger partial charge in [-0.2, -0.15) is 4.98 Å². The Bertz CT molecular complexity index is 814. The van der Waals surface area contributed by atoms with Crippen LogP contribution in [0.3, 0.4) is 0 Å². The quantitative estimate of drug-likeness (QED) is 0.763. The van der Waals surface area contributed by atoms with Crippen molar-refractivity contribution in [3.63, 3.8) is 0 Å². The van der Waals surface area contributed by atoms with Crippen LogP contribution in [0.2, 0.25) is 0 Å². The molecule has 6 nitrogen and oxygen atoms in total. The molecule has 0 spiro atoms. The summed E-state index contributed by atoms with van der Waals surface area (Å²) in [4.78, 5) is 31.1. The van der Waals surface area contributed by atoms with E-state index in [1.54, 1.807) is 30.9 Å². The molecule has 1 atom stereocenters. The lowest BCUT2D eigenvalue weighted by Crippen LogP contribution is -2.42. The average molecular weight is 359 g/mol. The van der Waals surface area contributed by atoms with Crippen LogP contribution in [0, 0.1) is 11.2 Å². The van der Waals surface area contributed by atoms with E-state index in [-0.39, 0.29) is 17.7 Å². The van der Waals surface area contributed by atoms with Crippen molar-refractivity contribution in [2.45, 2.75) is 46.1 Å². The summed E-state index contributed by atoms with van der Waals surface area (Å²) in [6.07, 6.45) is 2.04. The van der Waals surface area contributed by atoms with Crippen molar-refractivity contribution in [1.82, 2.24) is 15.0 Å². The highest BCUT2D eigenvalue weighted by atomic mass is 19.1. The number of aromatic nitrogens is 2. The summed E-state index contributed by atoms with van der Waals surface area (Å²) >= 11 is 0. The van der Waals surface area contributed by atoms with Crippen molar-refractivity contribution in [2.24, 2.45) is 5.41 Å². The predicted molar refractivity (Wildman–Crippen MR) is 92.5 cm³/mol. The Morgan fingerprint density at radius 2 is 2.00 bits per heavy atom. The largest absolute Gasteiger partial charge is 0.334 e. The van der Waals surface area contributed by atoms with Crippen molar-refractivity contribution in [2.75, 3.05) is 6.54 Å². The van der Waals surface area contributed by atoms with Gasteiger partial charge in [-0.1, -0.05) is 25.9 Å². The summed E-state index contributed by atoms with van der Waals surface area (Å²) in [5.74, 6) is -0.600. The van der Waals surface area contributed by atoms with Gasteiger partial charge in [0.05, 0.1) is 6.04 Å². The molecule has 0 saturated carbocycles. The lowest BCUT2D eigenvalue weighted by atomic mass is 9.84. The monoisotopic (exact) mass is 359 g/mol. The number of nitrogens with zero attached hydrogens (tertiary/aromatic N) is 3. The van der Waals surface area contributed by atoms with Gasteiger partial charge in [-0.3, -0.25) is 9.59 Å². The molecule has 138 valence electrons. The lowest BCUT2D eigenvalue weighted by Gasteiger charge is -2.26. The van der Waals surface area contributed by atoms with Crippen LogP contribution in [0.1, 0.15) is 51.9 Å². The van der Waals surface area contributed by atoms with Crippen molar-refractivity contribution in [3.8, 4) is 11.5 Å². The molecule has 0 radical (unpaired) electrons. The minimum Gasteiger partial charge on any atom is -0.334 e. The number of carbonyl (C=O) groups excluding carboxylic acids is 2. The third kappa shape index (κ3) is 3.38. The first kappa shape index (κ1) is 18.2. The number of carbonyl (C=O) groups is 2. The molecule has 0 aliphatic carbocycles. The third-order valence-corrected chi connectivity index (χ3v) is 5.04. The number of likely N-dealkylation sites (tertiary alicyclic amines) is 1. The zero-order chi connectivity index (χ0) is 18.9. The summed E-state index contributed by atoms with van der Waals surface area (Å²) in [6.45, 7) is 5.94. The van der Waals surface area contributed by atoms with Crippen LogP contribution in [-0.4, -0.2) is 33.3 Å². The first-order chi connectivity index (χ1) is 12.3. The fourth-order valence-electron chi connectivity index (χ4n) is 2.94. The highest BCUT2D eigenvalue weighted by molar-refractivity contribution is 6.38. The Kier molecular flexibility index (Phi) is 4.89. The Morgan fingerprint density at radius 3 is 2.65 bits per heavy atom. The van der Waals surface area contributed by atoms with E-state index in [1.165, 1.54) is 12.1 Å². The summed E-state index contributed by atoms with van der Waals surface area (Å²) in [5.41, 5.74) is -0.0926. The van der Waals surface area contributed by atoms with Crippen molar-refractivity contribution >= 4 is 11.7 Å². The minimum atomic E-state index is -0.694. The number of Topliss-reactive ketones (excluding diaryl/α,β-unsaturated/α-hetero) is 1. The first-order valence-corrected chi connectivity index (χ1v) is 8.78. The molecular weight excluding hydrogens is 337 g/mol. The summed E-state index contributed by atoms with van der Waals surface area (Å²) in [6, 6.07) is 5.36. The first-order valence-electron chi connectivity index (χ1n) is 8.78. The Hall–Kier alpha value is -2.57. The molecule has 1 fully saturated rings. The fourth-order valence-corrected chi connectivity index (χ4v) is 2.94. The van der Waals surface area contributed by atoms with Crippen LogP contribution in [0.4, 0.5) is 4.39 Å². The topological polar surface area (TPSA) is 76.3 Å². The minimum absolute atomic E-state index is 0.263. The Balaban J connectivity index is 1.82. The SMILES string of the molecule is CCC(C)(C)C(=O)C(=O)N1CCCC1c1noc(-c2ccc(F)cc2)n1. The van der Waals surface area contributed by atoms with Gasteiger partial charge in [0.2, 0.25) is 5.78 Å². The second-order valence-corrected chi connectivity index (χ2v) is 7.19. The smallest absolute Gasteiger partial charge is 0.291 e. The van der Waals surface area contributed by atoms with E-state index >= 15 is 0 Å². The second kappa shape index (κ2) is 6.97. The van der Waals surface area contributed by atoms with Crippen LogP contribution in [0.15, 0.2) is 28.8 Å². The van der Waals surface area contributed by atoms with Gasteiger partial charge in [0.1, 0.15) is 5.82 Å². The number of rotatable bonds is 5. The molecule has 7 heteroatoms. The molecule has 1 unspecified atom stereocenters. The van der Waals surface area contributed by atoms with E-state index in [2.05, 4.69) is 10.1 Å². The van der Waals surface area contributed by atoms with E-state index in [9.17, 15) is 14.0 Å². The van der Waals surface area contributed by atoms with Gasteiger partial charge < -0.3 is 9.42 Å². The van der Waals surface area contributed by atoms with Gasteiger partial charge in [0.25, 0.3) is 11.8 Å². The zero-order valence-corrected chi connectivity index (χ0v) is 15.2. The predicted octanol–water partition coefficient (Wildman–Crippen LogP) is 3.54. The lowest BCUT2D eigenvalue weighted by molar-refractivity contribution is -0.150. The van der Waals surface area contributed by atoms with Gasteiger partial charge in [-0.15, -0.1) is 0 Å². The van der Waals surface area contributed by atoms with Crippen LogP contribution >= 0.6 is 0 Å². The maximum absolute atomic E-state index is 13.1. The van der Waals surface area contributed by atoms with Gasteiger partial charge in [0.15, 0.2) is 5.82 Å². The molecule has 1 aromatic heterocycles. The van der Waals surface area contributed by atoms with Crippen LogP contribution < -0.4 is 0 Å². The van der Waals surface area contributed by atoms with E-state index in [0.29, 0.717) is 30.8 Å². The van der Waals surface area contributed by atoms with Crippen LogP contribution in [0.25, 0.3) is 11.5 Å². The third-order valence-electron chi connectivity index (χ3n) is 5.04. The number of ketones is 1. The summed E-state index contributed by atoms with van der Waals surface area (Å²) in [7, 11) is 0. The summed E-state index contributed by atoms with van der Waals surface area (Å²) in [5, 5.41) is 3.99. The van der Waals surface area contributed by atoms with Crippen molar-refractivity contribution in [3.05, 3.63) is 35.9 Å². The maximum atomic E-state index is 13.1. The van der Waals surface area contributed by atoms with Crippen molar-refractivity contribution in [1.29, 1.82) is 0 Å². The number of hydrogen-bond acceptors (Lipinski definition) is 5. The highest BCUT2D eigenvalue weighted by Gasteiger charge is 2.40. The molecule has 1 aliphatic rings. The number of benzene rings is 1. The molecule has 1 aliphatic heterocycles. The Labute approximate surface area is 151 Å². The normalized spacial score (nSPS) is 17.5. The molecule has 0 bridgehead atoms. The Morgan fingerprint density at radius 1 is 1.31 bits per heavy atom. The average Bonchev–Trinajstić information content (AvgIpc) is 3.30. The van der Waals surface area contributed by atoms with E-state index in [4.69, 9.17) is 4.52 Å². The zero-order valence-electron chi connectivity index (χ0n) is 15.2. The van der Waals surface area contributed by atoms with Crippen LogP contribution in [0.5, 0.6) is 0 Å². The second-order valence-electron chi connectivity index (χ2n) is 7.19. The summed E-state index contributed by atoms with van der Waals surface area (Å²) < 4.78 is 18.3. The molecule has 1 amide bonds. The van der Waals surface area contributed by atoms with E-state index < -0.39 is 17.1 Å². The van der Waals surface area contributed by atoms with E-state index in [1.807, 2.05) is 6.92 Å². The number of halogens is 1. The molecule has 26 heavy (non-hydrogen) atoms. The molecule has 3 rings (SSSR count). The molecular formula is C19H22FN3O3. The van der Waals surface area contributed by atoms with Gasteiger partial charge in [-0.25, -0.2) is 4.39 Å². The fraction of sp³-hybridized carbons (Fsp3) is 0.474. The molecule has 1 aromatic carbocycles. The van der Waals surface area contributed by atoms with E-state index in [0.717, 1.165) is 6.42 Å². The maximum Gasteiger partial charge on any atom is 0.291 e. The van der Waals surface area contributed by atoms with Gasteiger partial charge in [0, 0.05) is 17.5 Å². The highest BCUT2D eigenvalue weighted by Crippen LogP contribution is 2.33. The van der Waals surface area contributed by atoms with Crippen LogP contribution in [-0.2, 0) is 9.59 Å². The standard InChI is InChI=1S/C19H22FN3O3/c1-4-19(2,3)15(24)18(25)23-11-5-6-14(23)16-21-17(26-22-16)12-7-9-13(20)10-8-12/h7-10,14H,4-6,11H2,1-3H3.